The number of nitrogens with zero attached hydrogens (tertiary/aromatic N) is 7. The molecule has 4 N–H and O–H groups in total. The first-order chi connectivity index (χ1) is 40.1. The zero-order valence-electron chi connectivity index (χ0n) is 56.9. The third-order valence-corrected chi connectivity index (χ3v) is 16.2. The third-order valence-electron chi connectivity index (χ3n) is 16.2. The minimum absolute atomic E-state index is 0.0525. The molecule has 0 radical (unpaired) electrons. The predicted octanol–water partition coefficient (Wildman–Crippen LogP) is 3.23. The van der Waals surface area contributed by atoms with Crippen LogP contribution in [0.5, 0.6) is 0 Å². The van der Waals surface area contributed by atoms with Crippen LogP contribution in [0.15, 0.2) is 0 Å². The Balaban J connectivity index is 4.41. The lowest BCUT2D eigenvalue weighted by Crippen LogP contribution is -2.64. The van der Waals surface area contributed by atoms with Crippen molar-refractivity contribution in [2.45, 2.75) is 223 Å². The van der Waals surface area contributed by atoms with Gasteiger partial charge in [0.15, 0.2) is 0 Å². The Bertz CT molecular complexity index is 2390. The van der Waals surface area contributed by atoms with Gasteiger partial charge in [-0.1, -0.05) is 96.9 Å². The van der Waals surface area contributed by atoms with Gasteiger partial charge in [0, 0.05) is 56.3 Å². The van der Waals surface area contributed by atoms with Crippen LogP contribution >= 0.6 is 0 Å². The molecule has 498 valence electrons. The highest BCUT2D eigenvalue weighted by Crippen LogP contribution is 2.27. The zero-order valence-corrected chi connectivity index (χ0v) is 56.9. The van der Waals surface area contributed by atoms with Gasteiger partial charge in [0.25, 0.3) is 0 Å². The van der Waals surface area contributed by atoms with Crippen molar-refractivity contribution in [2.24, 2.45) is 41.4 Å². The Morgan fingerprint density at radius 1 is 0.483 bits per heavy atom. The number of carbonyl (C=O) groups excluding carboxylic acids is 12. The summed E-state index contributed by atoms with van der Waals surface area (Å²) in [5, 5.41) is 10.9. The van der Waals surface area contributed by atoms with E-state index < -0.39 is 168 Å². The average molecular weight is 1240 g/mol. The van der Waals surface area contributed by atoms with Gasteiger partial charge in [-0.15, -0.1) is 0 Å². The number of amides is 11. The number of hydrogen-bond acceptors (Lipinski definition) is 13. The van der Waals surface area contributed by atoms with Crippen LogP contribution in [0.1, 0.15) is 156 Å². The zero-order chi connectivity index (χ0) is 67.6. The van der Waals surface area contributed by atoms with Crippen molar-refractivity contribution in [2.75, 3.05) is 62.6 Å². The van der Waals surface area contributed by atoms with Crippen LogP contribution in [0.3, 0.4) is 0 Å². The maximum atomic E-state index is 15.3. The highest BCUT2D eigenvalue weighted by molar-refractivity contribution is 5.99. The summed E-state index contributed by atoms with van der Waals surface area (Å²) in [6.45, 7) is 27.1. The Hall–Kier alpha value is -6.43. The molecule has 0 aromatic rings. The normalized spacial score (nSPS) is 26.4. The number of hydrogen-bond donors (Lipinski definition) is 4. The Labute approximate surface area is 518 Å². The fourth-order valence-corrected chi connectivity index (χ4v) is 10.9. The van der Waals surface area contributed by atoms with Crippen molar-refractivity contribution < 1.29 is 66.7 Å². The predicted molar refractivity (Wildman–Crippen MR) is 329 cm³/mol. The van der Waals surface area contributed by atoms with Crippen molar-refractivity contribution in [3.8, 4) is 0 Å². The Kier molecular flexibility index (Phi) is 32.1. The summed E-state index contributed by atoms with van der Waals surface area (Å²) in [5.41, 5.74) is 0. The van der Waals surface area contributed by atoms with Gasteiger partial charge in [0.05, 0.1) is 13.2 Å². The number of carbonyl (C=O) groups is 12. The molecular weight excluding hydrogens is 1130 g/mol. The number of rotatable bonds is 16. The molecule has 0 spiro atoms. The minimum Gasteiger partial charge on any atom is -0.459 e. The van der Waals surface area contributed by atoms with E-state index in [1.54, 1.807) is 34.6 Å². The summed E-state index contributed by atoms with van der Waals surface area (Å²) in [6, 6.07) is -12.9. The van der Waals surface area contributed by atoms with Crippen molar-refractivity contribution in [1.29, 1.82) is 0 Å². The first-order valence-electron chi connectivity index (χ1n) is 30.9. The Morgan fingerprint density at radius 2 is 0.897 bits per heavy atom. The molecule has 0 saturated carbocycles. The lowest BCUT2D eigenvalue weighted by Gasteiger charge is -2.42. The molecule has 87 heavy (non-hydrogen) atoms. The second-order valence-electron chi connectivity index (χ2n) is 26.3. The van der Waals surface area contributed by atoms with Gasteiger partial charge in [0.1, 0.15) is 66.5 Å². The number of likely N-dealkylation sites (N-methyl/N-ethyl adjacent to an activating group) is 7. The fraction of sp³-hybridized carbons (Fsp3) is 0.806. The van der Waals surface area contributed by atoms with Gasteiger partial charge >= 0.3 is 5.97 Å². The lowest BCUT2D eigenvalue weighted by molar-refractivity contribution is -0.164. The summed E-state index contributed by atoms with van der Waals surface area (Å²) in [7, 11) is 9.64. The first kappa shape index (κ1) is 78.6. The molecule has 0 aliphatic carbocycles. The monoisotopic (exact) mass is 1240 g/mol. The maximum Gasteiger partial charge on any atom is 0.303 e. The van der Waals surface area contributed by atoms with E-state index in [9.17, 15) is 47.5 Å². The molecule has 1 unspecified atom stereocenters. The van der Waals surface area contributed by atoms with Crippen LogP contribution in [0.25, 0.3) is 0 Å². The summed E-state index contributed by atoms with van der Waals surface area (Å²) >= 11 is 0. The molecule has 1 heterocycles. The van der Waals surface area contributed by atoms with Crippen LogP contribution in [0.4, 0.5) is 4.39 Å². The maximum absolute atomic E-state index is 15.3. The highest BCUT2D eigenvalue weighted by Gasteiger charge is 2.47. The summed E-state index contributed by atoms with van der Waals surface area (Å²) in [4.78, 5) is 182. The largest absolute Gasteiger partial charge is 0.459 e. The van der Waals surface area contributed by atoms with Gasteiger partial charge in [0.2, 0.25) is 65.0 Å². The second-order valence-corrected chi connectivity index (χ2v) is 26.3. The van der Waals surface area contributed by atoms with E-state index >= 15 is 14.4 Å². The van der Waals surface area contributed by atoms with Gasteiger partial charge in [-0.25, -0.2) is 0 Å². The molecule has 0 bridgehead atoms. The van der Waals surface area contributed by atoms with Crippen LogP contribution in [-0.2, 0) is 62.3 Å². The van der Waals surface area contributed by atoms with Crippen molar-refractivity contribution in [3.63, 3.8) is 0 Å². The van der Waals surface area contributed by atoms with E-state index in [0.717, 1.165) is 16.7 Å². The average Bonchev–Trinajstić information content (AvgIpc) is 1.40. The molecule has 12 atom stereocenters. The molecule has 0 aromatic carbocycles. The van der Waals surface area contributed by atoms with E-state index in [2.05, 4.69) is 21.3 Å². The molecule has 11 amide bonds. The number of ether oxygens (including phenoxy) is 1. The number of esters is 1. The SMILES string of the molecule is CC[C@@H]1NC(=O)C([C@H](OC(C)=O)[C@H](C)CCF)N(C)C(=O)[C@H](C(C)C)N(C)C(=O)[C@H](CC(C)C)N(C)C(=O)[C@H](CC(C)C)N(C)C(=O)[C@@H](C)NC(=O)[C@H](C)NC(=O)[C@H](CC(C)C)N(C)C(=O)[C@H](C(C)C)NC(=O)[C@H](CC(C)C)N(C)C(=O)CN(C)C1=O. The smallest absolute Gasteiger partial charge is 0.303 e. The lowest BCUT2D eigenvalue weighted by atomic mass is 9.91. The molecule has 24 nitrogen and oxygen atoms in total. The topological polar surface area (TPSA) is 285 Å². The molecule has 1 fully saturated rings. The van der Waals surface area contributed by atoms with Crippen LogP contribution < -0.4 is 21.3 Å². The summed E-state index contributed by atoms with van der Waals surface area (Å²) < 4.78 is 20.0. The van der Waals surface area contributed by atoms with E-state index in [-0.39, 0.29) is 62.2 Å². The van der Waals surface area contributed by atoms with Crippen molar-refractivity contribution in [3.05, 3.63) is 0 Å². The molecule has 1 saturated heterocycles. The standard InChI is InChI=1S/C62H110FN11O13/c1-25-43-58(82)68(18)32-48(76)69(19)44(28-33(2)3)55(79)67-49(37(10)11)61(85)70(20)45(29-34(4)5)54(78)64-40(15)53(77)65-41(16)57(81)71(21)46(30-35(6)7)59(83)72(22)47(31-36(8)9)60(84)73(23)50(38(12)13)62(86)74(24)51(56(80)66-43)52(87-42(17)75)39(14)26-27-63/h33-41,43-47,49-52H,25-32H2,1-24H3,(H,64,78)(H,65,77)(H,66,80)(H,67,79)/t39-,40+,41-,43+,44+,45+,46+,47+,49+,50+,51?,52-/m1/s1. The third kappa shape index (κ3) is 22.3. The second kappa shape index (κ2) is 35.5. The molecule has 1 aliphatic heterocycles. The minimum atomic E-state index is -1.74. The van der Waals surface area contributed by atoms with Gasteiger partial charge < -0.3 is 60.3 Å². The summed E-state index contributed by atoms with van der Waals surface area (Å²) in [5.74, 6) is -11.6. The number of nitrogens with one attached hydrogen (secondary N) is 4. The van der Waals surface area contributed by atoms with E-state index in [4.69, 9.17) is 4.74 Å². The summed E-state index contributed by atoms with van der Waals surface area (Å²) in [6.07, 6.45) is -1.28. The first-order valence-corrected chi connectivity index (χ1v) is 30.9. The molecular formula is C62H110FN11O13. The highest BCUT2D eigenvalue weighted by atomic mass is 19.1. The van der Waals surface area contributed by atoms with Crippen LogP contribution in [0.2, 0.25) is 0 Å². The fourth-order valence-electron chi connectivity index (χ4n) is 10.9. The number of alkyl halides is 1. The molecule has 1 aliphatic rings. The van der Waals surface area contributed by atoms with E-state index in [0.29, 0.717) is 0 Å². The van der Waals surface area contributed by atoms with Crippen LogP contribution in [-0.4, -0.2) is 234 Å². The van der Waals surface area contributed by atoms with Crippen LogP contribution in [0, 0.1) is 41.4 Å². The van der Waals surface area contributed by atoms with Crippen molar-refractivity contribution in [1.82, 2.24) is 55.6 Å². The number of halogens is 1. The molecule has 25 heteroatoms. The molecule has 0 aromatic heterocycles. The van der Waals surface area contributed by atoms with Crippen molar-refractivity contribution >= 4 is 70.9 Å². The van der Waals surface area contributed by atoms with Gasteiger partial charge in [-0.05, 0) is 93.8 Å². The van der Waals surface area contributed by atoms with Gasteiger partial charge in [-0.2, -0.15) is 0 Å². The quantitative estimate of drug-likeness (QED) is 0.162. The van der Waals surface area contributed by atoms with Gasteiger partial charge in [-0.3, -0.25) is 61.9 Å². The Morgan fingerprint density at radius 3 is 1.33 bits per heavy atom. The van der Waals surface area contributed by atoms with E-state index in [1.807, 2.05) is 55.4 Å². The van der Waals surface area contributed by atoms with E-state index in [1.165, 1.54) is 94.6 Å². The molecule has 1 rings (SSSR count).